The molecule has 0 aliphatic carbocycles. The van der Waals surface area contributed by atoms with Gasteiger partial charge in [0.15, 0.2) is 0 Å². The number of rotatable bonds is 3. The molecule has 1 amide bonds. The van der Waals surface area contributed by atoms with Crippen LogP contribution in [0, 0.1) is 0 Å². The van der Waals surface area contributed by atoms with Gasteiger partial charge in [-0.2, -0.15) is 0 Å². The number of nitrogens with two attached hydrogens (primary N) is 1. The molecule has 1 aliphatic rings. The quantitative estimate of drug-likeness (QED) is 0.898. The minimum atomic E-state index is 0. The molecule has 1 aromatic carbocycles. The van der Waals surface area contributed by atoms with Crippen molar-refractivity contribution < 1.29 is 4.79 Å². The second-order valence-electron chi connectivity index (χ2n) is 4.19. The number of amides is 1. The fourth-order valence-electron chi connectivity index (χ4n) is 2.35. The molecule has 1 atom stereocenters. The molecule has 17 heavy (non-hydrogen) atoms. The fourth-order valence-corrected chi connectivity index (χ4v) is 2.35. The minimum Gasteiger partial charge on any atom is -0.336 e. The summed E-state index contributed by atoms with van der Waals surface area (Å²) in [6.07, 6.45) is 2.62. The SMILES string of the molecule is Cl.NCCC(=O)N1CCCC1c1ccccc1. The van der Waals surface area contributed by atoms with Crippen LogP contribution in [-0.4, -0.2) is 23.9 Å². The molecule has 1 saturated heterocycles. The zero-order chi connectivity index (χ0) is 11.4. The lowest BCUT2D eigenvalue weighted by Crippen LogP contribution is -2.31. The Kier molecular flexibility index (Phi) is 5.45. The maximum absolute atomic E-state index is 11.9. The minimum absolute atomic E-state index is 0. The van der Waals surface area contributed by atoms with Gasteiger partial charge in [0.2, 0.25) is 5.91 Å². The lowest BCUT2D eigenvalue weighted by atomic mass is 10.0. The van der Waals surface area contributed by atoms with Crippen molar-refractivity contribution in [2.75, 3.05) is 13.1 Å². The average molecular weight is 255 g/mol. The van der Waals surface area contributed by atoms with E-state index in [4.69, 9.17) is 5.73 Å². The molecule has 0 aromatic heterocycles. The summed E-state index contributed by atoms with van der Waals surface area (Å²) in [6.45, 7) is 1.31. The van der Waals surface area contributed by atoms with Crippen LogP contribution >= 0.6 is 12.4 Å². The summed E-state index contributed by atoms with van der Waals surface area (Å²) in [5.41, 5.74) is 6.67. The molecule has 1 aliphatic heterocycles. The van der Waals surface area contributed by atoms with Crippen LogP contribution in [0.4, 0.5) is 0 Å². The number of carbonyl (C=O) groups excluding carboxylic acids is 1. The van der Waals surface area contributed by atoms with Crippen molar-refractivity contribution in [3.05, 3.63) is 35.9 Å². The Morgan fingerprint density at radius 2 is 2.06 bits per heavy atom. The summed E-state index contributed by atoms with van der Waals surface area (Å²) in [4.78, 5) is 13.8. The molecular formula is C13H19ClN2O. The number of likely N-dealkylation sites (tertiary alicyclic amines) is 1. The van der Waals surface area contributed by atoms with Crippen molar-refractivity contribution in [1.82, 2.24) is 4.90 Å². The van der Waals surface area contributed by atoms with Gasteiger partial charge in [0, 0.05) is 19.5 Å². The van der Waals surface area contributed by atoms with Gasteiger partial charge >= 0.3 is 0 Å². The van der Waals surface area contributed by atoms with Gasteiger partial charge in [-0.15, -0.1) is 12.4 Å². The molecule has 1 heterocycles. The summed E-state index contributed by atoms with van der Waals surface area (Å²) < 4.78 is 0. The number of nitrogens with zero attached hydrogens (tertiary/aromatic N) is 1. The predicted octanol–water partition coefficient (Wildman–Crippen LogP) is 2.12. The summed E-state index contributed by atoms with van der Waals surface area (Å²) in [7, 11) is 0. The van der Waals surface area contributed by atoms with Crippen LogP contribution in [0.3, 0.4) is 0 Å². The first-order chi connectivity index (χ1) is 7.83. The summed E-state index contributed by atoms with van der Waals surface area (Å²) in [6, 6.07) is 10.5. The maximum Gasteiger partial charge on any atom is 0.224 e. The molecular weight excluding hydrogens is 236 g/mol. The van der Waals surface area contributed by atoms with Gasteiger partial charge in [-0.25, -0.2) is 0 Å². The van der Waals surface area contributed by atoms with Crippen LogP contribution in [0.2, 0.25) is 0 Å². The topological polar surface area (TPSA) is 46.3 Å². The molecule has 2 rings (SSSR count). The van der Waals surface area contributed by atoms with Crippen LogP contribution in [0.15, 0.2) is 30.3 Å². The van der Waals surface area contributed by atoms with Gasteiger partial charge in [0.1, 0.15) is 0 Å². The van der Waals surface area contributed by atoms with E-state index in [2.05, 4.69) is 12.1 Å². The van der Waals surface area contributed by atoms with E-state index in [-0.39, 0.29) is 24.4 Å². The van der Waals surface area contributed by atoms with Crippen molar-refractivity contribution in [2.45, 2.75) is 25.3 Å². The third-order valence-corrected chi connectivity index (χ3v) is 3.12. The smallest absolute Gasteiger partial charge is 0.224 e. The molecule has 0 bridgehead atoms. The molecule has 0 spiro atoms. The average Bonchev–Trinajstić information content (AvgIpc) is 2.79. The number of hydrogen-bond donors (Lipinski definition) is 1. The molecule has 3 nitrogen and oxygen atoms in total. The lowest BCUT2D eigenvalue weighted by Gasteiger charge is -2.25. The lowest BCUT2D eigenvalue weighted by molar-refractivity contribution is -0.131. The van der Waals surface area contributed by atoms with Gasteiger partial charge < -0.3 is 10.6 Å². The number of hydrogen-bond acceptors (Lipinski definition) is 2. The highest BCUT2D eigenvalue weighted by atomic mass is 35.5. The zero-order valence-electron chi connectivity index (χ0n) is 9.84. The number of carbonyl (C=O) groups is 1. The van der Waals surface area contributed by atoms with Crippen molar-refractivity contribution in [3.8, 4) is 0 Å². The Morgan fingerprint density at radius 3 is 2.71 bits per heavy atom. The van der Waals surface area contributed by atoms with E-state index in [1.54, 1.807) is 0 Å². The summed E-state index contributed by atoms with van der Waals surface area (Å²) in [5.74, 6) is 0.189. The van der Waals surface area contributed by atoms with Crippen LogP contribution < -0.4 is 5.73 Å². The fraction of sp³-hybridized carbons (Fsp3) is 0.462. The largest absolute Gasteiger partial charge is 0.336 e. The Morgan fingerprint density at radius 1 is 1.35 bits per heavy atom. The van der Waals surface area contributed by atoms with E-state index >= 15 is 0 Å². The molecule has 94 valence electrons. The van der Waals surface area contributed by atoms with E-state index < -0.39 is 0 Å². The second kappa shape index (κ2) is 6.62. The third-order valence-electron chi connectivity index (χ3n) is 3.12. The van der Waals surface area contributed by atoms with Gasteiger partial charge in [-0.05, 0) is 18.4 Å². The van der Waals surface area contributed by atoms with Gasteiger partial charge in [0.25, 0.3) is 0 Å². The normalized spacial score (nSPS) is 18.9. The van der Waals surface area contributed by atoms with E-state index in [0.29, 0.717) is 13.0 Å². The molecule has 0 radical (unpaired) electrons. The molecule has 1 unspecified atom stereocenters. The highest BCUT2D eigenvalue weighted by Gasteiger charge is 2.28. The number of halogens is 1. The highest BCUT2D eigenvalue weighted by molar-refractivity contribution is 5.85. The first kappa shape index (κ1) is 14.0. The van der Waals surface area contributed by atoms with E-state index in [9.17, 15) is 4.79 Å². The highest BCUT2D eigenvalue weighted by Crippen LogP contribution is 2.31. The van der Waals surface area contributed by atoms with Crippen molar-refractivity contribution in [3.63, 3.8) is 0 Å². The number of benzene rings is 1. The van der Waals surface area contributed by atoms with Crippen LogP contribution in [0.1, 0.15) is 30.9 Å². The van der Waals surface area contributed by atoms with Gasteiger partial charge in [0.05, 0.1) is 6.04 Å². The molecule has 1 fully saturated rings. The molecule has 1 aromatic rings. The Bertz CT molecular complexity index is 356. The van der Waals surface area contributed by atoms with Crippen molar-refractivity contribution in [2.24, 2.45) is 5.73 Å². The molecule has 4 heteroatoms. The van der Waals surface area contributed by atoms with Crippen molar-refractivity contribution >= 4 is 18.3 Å². The summed E-state index contributed by atoms with van der Waals surface area (Å²) in [5, 5.41) is 0. The van der Waals surface area contributed by atoms with Crippen LogP contribution in [0.5, 0.6) is 0 Å². The van der Waals surface area contributed by atoms with Gasteiger partial charge in [-0.1, -0.05) is 30.3 Å². The Hall–Kier alpha value is -1.06. The second-order valence-corrected chi connectivity index (χ2v) is 4.19. The zero-order valence-corrected chi connectivity index (χ0v) is 10.7. The summed E-state index contributed by atoms with van der Waals surface area (Å²) >= 11 is 0. The third kappa shape index (κ3) is 3.20. The van der Waals surface area contributed by atoms with E-state index in [1.165, 1.54) is 5.56 Å². The maximum atomic E-state index is 11.9. The van der Waals surface area contributed by atoms with E-state index in [1.807, 2.05) is 23.1 Å². The Balaban J connectivity index is 0.00000144. The first-order valence-corrected chi connectivity index (χ1v) is 5.87. The van der Waals surface area contributed by atoms with Crippen molar-refractivity contribution in [1.29, 1.82) is 0 Å². The van der Waals surface area contributed by atoms with Crippen LogP contribution in [0.25, 0.3) is 0 Å². The molecule has 0 saturated carbocycles. The first-order valence-electron chi connectivity index (χ1n) is 5.87. The van der Waals surface area contributed by atoms with Gasteiger partial charge in [-0.3, -0.25) is 4.79 Å². The molecule has 2 N–H and O–H groups in total. The standard InChI is InChI=1S/C13H18N2O.ClH/c14-9-8-13(16)15-10-4-7-12(15)11-5-2-1-3-6-11;/h1-3,5-6,12H,4,7-10,14H2;1H. The van der Waals surface area contributed by atoms with E-state index in [0.717, 1.165) is 19.4 Å². The van der Waals surface area contributed by atoms with Crippen LogP contribution in [-0.2, 0) is 4.79 Å². The Labute approximate surface area is 108 Å². The monoisotopic (exact) mass is 254 g/mol. The predicted molar refractivity (Wildman–Crippen MR) is 71.0 cm³/mol.